The van der Waals surface area contributed by atoms with Gasteiger partial charge in [-0.3, -0.25) is 34.0 Å². The molecule has 0 unspecified atom stereocenters. The lowest BCUT2D eigenvalue weighted by Crippen LogP contribution is -2.64. The number of rotatable bonds is 7. The van der Waals surface area contributed by atoms with E-state index in [1.54, 1.807) is 18.2 Å². The number of aldehydes is 1. The fraction of sp³-hybridized carbons (Fsp3) is 0.400. The molecular formula is C25H27N5O6. The van der Waals surface area contributed by atoms with Gasteiger partial charge in [0, 0.05) is 31.0 Å². The number of hydrogen-bond acceptors (Lipinski definition) is 7. The van der Waals surface area contributed by atoms with Crippen molar-refractivity contribution >= 4 is 46.5 Å². The Kier molecular flexibility index (Phi) is 7.37. The van der Waals surface area contributed by atoms with Crippen LogP contribution in [-0.4, -0.2) is 75.4 Å². The van der Waals surface area contributed by atoms with E-state index in [0.29, 0.717) is 18.1 Å². The first-order valence-electron chi connectivity index (χ1n) is 11.8. The highest BCUT2D eigenvalue weighted by Gasteiger charge is 2.45. The summed E-state index contributed by atoms with van der Waals surface area (Å²) in [6.45, 7) is 1.56. The molecule has 1 aromatic heterocycles. The van der Waals surface area contributed by atoms with Gasteiger partial charge >= 0.3 is 0 Å². The fourth-order valence-corrected chi connectivity index (χ4v) is 4.66. The van der Waals surface area contributed by atoms with Crippen LogP contribution in [0.2, 0.25) is 0 Å². The van der Waals surface area contributed by atoms with Gasteiger partial charge in [0.2, 0.25) is 11.8 Å². The van der Waals surface area contributed by atoms with Crippen LogP contribution in [0.3, 0.4) is 0 Å². The molecule has 2 aliphatic heterocycles. The Bertz CT molecular complexity index is 1230. The van der Waals surface area contributed by atoms with Crippen LogP contribution in [0.4, 0.5) is 0 Å². The first kappa shape index (κ1) is 25.0. The largest absolute Gasteiger partial charge is 0.344 e. The Morgan fingerprint density at radius 2 is 1.94 bits per heavy atom. The average Bonchev–Trinajstić information content (AvgIpc) is 2.99. The van der Waals surface area contributed by atoms with Gasteiger partial charge in [0.15, 0.2) is 0 Å². The zero-order valence-corrected chi connectivity index (χ0v) is 19.8. The zero-order valence-electron chi connectivity index (χ0n) is 19.8. The average molecular weight is 494 g/mol. The van der Waals surface area contributed by atoms with Gasteiger partial charge in [-0.05, 0) is 37.6 Å². The van der Waals surface area contributed by atoms with Crippen LogP contribution in [0.25, 0.3) is 10.8 Å². The van der Waals surface area contributed by atoms with Crippen molar-refractivity contribution in [1.82, 2.24) is 25.6 Å². The molecule has 4 rings (SSSR count). The number of ketones is 1. The molecule has 2 N–H and O–H groups in total. The molecule has 3 heterocycles. The van der Waals surface area contributed by atoms with Crippen molar-refractivity contribution in [1.29, 1.82) is 0 Å². The Morgan fingerprint density at radius 1 is 1.17 bits per heavy atom. The molecule has 4 amide bonds. The maximum Gasteiger partial charge on any atom is 0.271 e. The summed E-state index contributed by atoms with van der Waals surface area (Å²) in [5, 5.41) is 8.99. The predicted octanol–water partition coefficient (Wildman–Crippen LogP) is 0.524. The van der Waals surface area contributed by atoms with Gasteiger partial charge in [-0.15, -0.1) is 0 Å². The lowest BCUT2D eigenvalue weighted by atomic mass is 10.0. The van der Waals surface area contributed by atoms with Crippen molar-refractivity contribution in [2.45, 2.75) is 57.2 Å². The molecule has 2 fully saturated rings. The molecule has 1 aromatic carbocycles. The van der Waals surface area contributed by atoms with Crippen molar-refractivity contribution in [3.8, 4) is 0 Å². The van der Waals surface area contributed by atoms with Gasteiger partial charge in [-0.25, -0.2) is 5.01 Å². The Labute approximate surface area is 207 Å². The predicted molar refractivity (Wildman–Crippen MR) is 127 cm³/mol. The van der Waals surface area contributed by atoms with E-state index in [9.17, 15) is 28.8 Å². The maximum absolute atomic E-state index is 13.6. The number of hydrazine groups is 1. The maximum atomic E-state index is 13.6. The summed E-state index contributed by atoms with van der Waals surface area (Å²) < 4.78 is 0. The second-order valence-corrected chi connectivity index (χ2v) is 8.96. The normalized spacial score (nSPS) is 20.8. The van der Waals surface area contributed by atoms with E-state index in [2.05, 4.69) is 15.6 Å². The number of benzene rings is 1. The molecule has 11 heteroatoms. The highest BCUT2D eigenvalue weighted by molar-refractivity contribution is 6.07. The van der Waals surface area contributed by atoms with E-state index in [1.807, 2.05) is 12.1 Å². The lowest BCUT2D eigenvalue weighted by Gasteiger charge is -2.43. The van der Waals surface area contributed by atoms with Gasteiger partial charge < -0.3 is 15.4 Å². The Hall–Kier alpha value is -4.15. The van der Waals surface area contributed by atoms with Crippen LogP contribution in [0, 0.1) is 0 Å². The molecule has 36 heavy (non-hydrogen) atoms. The number of nitrogens with zero attached hydrogens (tertiary/aromatic N) is 3. The van der Waals surface area contributed by atoms with Gasteiger partial charge in [0.1, 0.15) is 29.8 Å². The summed E-state index contributed by atoms with van der Waals surface area (Å²) >= 11 is 0. The number of carbonyl (C=O) groups excluding carboxylic acids is 6. The molecule has 0 saturated carbocycles. The van der Waals surface area contributed by atoms with Gasteiger partial charge in [-0.1, -0.05) is 24.3 Å². The number of Topliss-reactive ketones (excluding diaryl/α,β-unsaturated/α-hetero) is 1. The fourth-order valence-electron chi connectivity index (χ4n) is 4.66. The molecule has 2 aliphatic rings. The minimum atomic E-state index is -1.06. The van der Waals surface area contributed by atoms with Crippen molar-refractivity contribution in [3.05, 3.63) is 42.2 Å². The Balaban J connectivity index is 1.57. The van der Waals surface area contributed by atoms with E-state index >= 15 is 0 Å². The molecular weight excluding hydrogens is 466 g/mol. The number of aromatic nitrogens is 1. The van der Waals surface area contributed by atoms with E-state index < -0.39 is 35.8 Å². The minimum Gasteiger partial charge on any atom is -0.344 e. The van der Waals surface area contributed by atoms with Gasteiger partial charge in [0.05, 0.1) is 6.04 Å². The second kappa shape index (κ2) is 10.6. The lowest BCUT2D eigenvalue weighted by molar-refractivity contribution is -0.176. The van der Waals surface area contributed by atoms with E-state index in [4.69, 9.17) is 0 Å². The third-order valence-corrected chi connectivity index (χ3v) is 6.36. The van der Waals surface area contributed by atoms with Crippen LogP contribution in [0.15, 0.2) is 36.5 Å². The molecule has 2 aromatic rings. The molecule has 188 valence electrons. The summed E-state index contributed by atoms with van der Waals surface area (Å²) in [5.41, 5.74) is 0.152. The minimum absolute atomic E-state index is 0.00575. The smallest absolute Gasteiger partial charge is 0.271 e. The molecule has 0 aliphatic carbocycles. The van der Waals surface area contributed by atoms with Crippen LogP contribution in [-0.2, 0) is 24.0 Å². The molecule has 2 saturated heterocycles. The Morgan fingerprint density at radius 3 is 2.69 bits per heavy atom. The SMILES string of the molecule is CC(=O)C[C@@H](C=O)NC(=O)[C@@H]1CCCN2C(=O)CC[C@H](NC(=O)c3nccc4ccccc34)C(=O)N12. The van der Waals surface area contributed by atoms with Crippen LogP contribution >= 0.6 is 0 Å². The number of carbonyl (C=O) groups is 6. The topological polar surface area (TPSA) is 146 Å². The van der Waals surface area contributed by atoms with Crippen LogP contribution < -0.4 is 10.6 Å². The van der Waals surface area contributed by atoms with Crippen LogP contribution in [0.5, 0.6) is 0 Å². The molecule has 0 bridgehead atoms. The molecule has 0 spiro atoms. The number of fused-ring (bicyclic) bond motifs is 2. The highest BCUT2D eigenvalue weighted by Crippen LogP contribution is 2.25. The number of amides is 4. The van der Waals surface area contributed by atoms with Gasteiger partial charge in [-0.2, -0.15) is 0 Å². The quantitative estimate of drug-likeness (QED) is 0.535. The second-order valence-electron chi connectivity index (χ2n) is 8.96. The third kappa shape index (κ3) is 5.09. The van der Waals surface area contributed by atoms with E-state index in [1.165, 1.54) is 18.1 Å². The summed E-state index contributed by atoms with van der Waals surface area (Å²) in [7, 11) is 0. The van der Waals surface area contributed by atoms with Crippen molar-refractivity contribution in [2.75, 3.05) is 6.54 Å². The first-order valence-corrected chi connectivity index (χ1v) is 11.8. The van der Waals surface area contributed by atoms with Crippen molar-refractivity contribution in [3.63, 3.8) is 0 Å². The van der Waals surface area contributed by atoms with E-state index in [0.717, 1.165) is 10.4 Å². The third-order valence-electron chi connectivity index (χ3n) is 6.36. The summed E-state index contributed by atoms with van der Waals surface area (Å²) in [5.74, 6) is -2.41. The number of nitrogens with one attached hydrogen (secondary N) is 2. The van der Waals surface area contributed by atoms with Crippen molar-refractivity contribution in [2.24, 2.45) is 0 Å². The molecule has 11 nitrogen and oxygen atoms in total. The summed E-state index contributed by atoms with van der Waals surface area (Å²) in [6.07, 6.45) is 2.61. The van der Waals surface area contributed by atoms with Crippen LogP contribution in [0.1, 0.15) is 49.5 Å². The number of hydrogen-bond donors (Lipinski definition) is 2. The first-order chi connectivity index (χ1) is 17.3. The van der Waals surface area contributed by atoms with Crippen molar-refractivity contribution < 1.29 is 28.8 Å². The zero-order chi connectivity index (χ0) is 25.8. The summed E-state index contributed by atoms with van der Waals surface area (Å²) in [4.78, 5) is 79.6. The molecule has 3 atom stereocenters. The van der Waals surface area contributed by atoms with Gasteiger partial charge in [0.25, 0.3) is 11.8 Å². The standard InChI is InChI=1S/C25H27N5O6/c1-15(32)13-17(14-31)27-23(34)20-7-4-12-29-21(33)9-8-19(25(36)30(20)29)28-24(35)22-18-6-3-2-5-16(18)10-11-26-22/h2-3,5-6,10-11,14,17,19-20H,4,7-9,12-13H2,1H3,(H,27,34)(H,28,35)/t17-,19-,20-/m0/s1. The summed E-state index contributed by atoms with van der Waals surface area (Å²) in [6, 6.07) is 5.85. The number of pyridine rings is 1. The molecule has 0 radical (unpaired) electrons. The van der Waals surface area contributed by atoms with E-state index in [-0.39, 0.29) is 49.6 Å². The highest BCUT2D eigenvalue weighted by atomic mass is 16.2. The monoisotopic (exact) mass is 493 g/mol.